The van der Waals surface area contributed by atoms with Gasteiger partial charge in [0.15, 0.2) is 0 Å². The van der Waals surface area contributed by atoms with Crippen LogP contribution in [0.25, 0.3) is 0 Å². The standard InChI is InChI=1S/C11H19NO4S/c1-9(10-5-3-2-4-6-10)11(13)12-7-8-17(14,15)16/h10H,1-8H2,(H,12,13)(H,14,15,16). The Balaban J connectivity index is 2.34. The molecule has 0 aliphatic heterocycles. The minimum Gasteiger partial charge on any atom is -0.351 e. The molecule has 0 spiro atoms. The van der Waals surface area contributed by atoms with Gasteiger partial charge in [0.05, 0.1) is 5.75 Å². The Hall–Kier alpha value is -0.880. The minimum atomic E-state index is -4.01. The number of carbonyl (C=O) groups is 1. The third-order valence-corrected chi connectivity index (χ3v) is 3.76. The molecule has 0 unspecified atom stereocenters. The maximum atomic E-state index is 11.6. The zero-order valence-corrected chi connectivity index (χ0v) is 10.6. The largest absolute Gasteiger partial charge is 0.351 e. The molecule has 1 aliphatic rings. The fourth-order valence-corrected chi connectivity index (χ4v) is 2.40. The molecular weight excluding hydrogens is 242 g/mol. The lowest BCUT2D eigenvalue weighted by molar-refractivity contribution is -0.118. The number of amides is 1. The molecule has 5 nitrogen and oxygen atoms in total. The third kappa shape index (κ3) is 5.32. The van der Waals surface area contributed by atoms with Crippen LogP contribution in [-0.4, -0.2) is 31.2 Å². The van der Waals surface area contributed by atoms with Gasteiger partial charge in [0, 0.05) is 12.1 Å². The van der Waals surface area contributed by atoms with Gasteiger partial charge < -0.3 is 5.32 Å². The highest BCUT2D eigenvalue weighted by atomic mass is 32.2. The molecule has 1 saturated carbocycles. The monoisotopic (exact) mass is 261 g/mol. The van der Waals surface area contributed by atoms with Gasteiger partial charge in [-0.25, -0.2) is 0 Å². The summed E-state index contributed by atoms with van der Waals surface area (Å²) in [5.74, 6) is -0.550. The van der Waals surface area contributed by atoms with Crippen molar-refractivity contribution in [1.82, 2.24) is 5.32 Å². The van der Waals surface area contributed by atoms with Crippen LogP contribution in [0.2, 0.25) is 0 Å². The number of hydrogen-bond acceptors (Lipinski definition) is 3. The first kappa shape index (κ1) is 14.2. The van der Waals surface area contributed by atoms with Gasteiger partial charge in [-0.05, 0) is 18.8 Å². The van der Waals surface area contributed by atoms with E-state index in [1.165, 1.54) is 6.42 Å². The van der Waals surface area contributed by atoms with E-state index >= 15 is 0 Å². The van der Waals surface area contributed by atoms with Gasteiger partial charge in [0.1, 0.15) is 0 Å². The molecular formula is C11H19NO4S. The summed E-state index contributed by atoms with van der Waals surface area (Å²) in [5, 5.41) is 2.46. The molecule has 0 saturated heterocycles. The van der Waals surface area contributed by atoms with Crippen molar-refractivity contribution in [3.8, 4) is 0 Å². The number of carbonyl (C=O) groups excluding carboxylic acids is 1. The fourth-order valence-electron chi connectivity index (χ4n) is 2.04. The Morgan fingerprint density at radius 1 is 1.29 bits per heavy atom. The zero-order valence-electron chi connectivity index (χ0n) is 9.81. The molecule has 2 N–H and O–H groups in total. The second-order valence-electron chi connectivity index (χ2n) is 4.40. The van der Waals surface area contributed by atoms with Crippen LogP contribution in [-0.2, 0) is 14.9 Å². The van der Waals surface area contributed by atoms with E-state index in [2.05, 4.69) is 11.9 Å². The summed E-state index contributed by atoms with van der Waals surface area (Å²) in [6, 6.07) is 0. The van der Waals surface area contributed by atoms with E-state index in [1.807, 2.05) is 0 Å². The van der Waals surface area contributed by atoms with Gasteiger partial charge in [-0.1, -0.05) is 25.8 Å². The summed E-state index contributed by atoms with van der Waals surface area (Å²) in [6.07, 6.45) is 5.38. The third-order valence-electron chi connectivity index (χ3n) is 3.04. The summed E-state index contributed by atoms with van der Waals surface area (Å²) >= 11 is 0. The Morgan fingerprint density at radius 3 is 2.41 bits per heavy atom. The van der Waals surface area contributed by atoms with Crippen molar-refractivity contribution in [1.29, 1.82) is 0 Å². The topological polar surface area (TPSA) is 83.5 Å². The van der Waals surface area contributed by atoms with E-state index in [4.69, 9.17) is 4.55 Å². The molecule has 98 valence electrons. The fraction of sp³-hybridized carbons (Fsp3) is 0.727. The number of rotatable bonds is 5. The molecule has 0 aromatic heterocycles. The average Bonchev–Trinajstić information content (AvgIpc) is 2.27. The molecule has 0 aromatic rings. The van der Waals surface area contributed by atoms with Crippen molar-refractivity contribution < 1.29 is 17.8 Å². The number of hydrogen-bond donors (Lipinski definition) is 2. The quantitative estimate of drug-likeness (QED) is 0.574. The molecule has 17 heavy (non-hydrogen) atoms. The van der Waals surface area contributed by atoms with Crippen LogP contribution >= 0.6 is 0 Å². The first-order chi connectivity index (χ1) is 7.90. The minimum absolute atomic E-state index is 0.0800. The lowest BCUT2D eigenvalue weighted by atomic mass is 9.84. The predicted molar refractivity (Wildman–Crippen MR) is 65.1 cm³/mol. The smallest absolute Gasteiger partial charge is 0.266 e. The Morgan fingerprint density at radius 2 is 1.88 bits per heavy atom. The van der Waals surface area contributed by atoms with Crippen molar-refractivity contribution >= 4 is 16.0 Å². The maximum absolute atomic E-state index is 11.6. The summed E-state index contributed by atoms with van der Waals surface area (Å²) in [7, 11) is -4.01. The van der Waals surface area contributed by atoms with Crippen LogP contribution in [0.4, 0.5) is 0 Å². The molecule has 0 atom stereocenters. The van der Waals surface area contributed by atoms with Gasteiger partial charge in [-0.2, -0.15) is 8.42 Å². The highest BCUT2D eigenvalue weighted by molar-refractivity contribution is 7.85. The SMILES string of the molecule is C=C(C(=O)NCCS(=O)(=O)O)C1CCCCC1. The van der Waals surface area contributed by atoms with Crippen LogP contribution in [0, 0.1) is 5.92 Å². The summed E-state index contributed by atoms with van der Waals surface area (Å²) in [4.78, 5) is 11.6. The molecule has 1 fully saturated rings. The van der Waals surface area contributed by atoms with E-state index in [-0.39, 0.29) is 18.4 Å². The lowest BCUT2D eigenvalue weighted by Gasteiger charge is -2.22. The zero-order chi connectivity index (χ0) is 12.9. The van der Waals surface area contributed by atoms with Gasteiger partial charge >= 0.3 is 0 Å². The highest BCUT2D eigenvalue weighted by Gasteiger charge is 2.21. The molecule has 6 heteroatoms. The second kappa shape index (κ2) is 6.16. The second-order valence-corrected chi connectivity index (χ2v) is 5.97. The van der Waals surface area contributed by atoms with Crippen molar-refractivity contribution in [3.63, 3.8) is 0 Å². The van der Waals surface area contributed by atoms with Crippen LogP contribution in [0.5, 0.6) is 0 Å². The molecule has 1 aliphatic carbocycles. The van der Waals surface area contributed by atoms with Crippen LogP contribution in [0.15, 0.2) is 12.2 Å². The van der Waals surface area contributed by atoms with Gasteiger partial charge in [0.25, 0.3) is 10.1 Å². The summed E-state index contributed by atoms with van der Waals surface area (Å²) in [6.45, 7) is 3.69. The van der Waals surface area contributed by atoms with Crippen molar-refractivity contribution in [2.45, 2.75) is 32.1 Å². The molecule has 0 bridgehead atoms. The normalized spacial score (nSPS) is 17.7. The highest BCUT2D eigenvalue weighted by Crippen LogP contribution is 2.28. The van der Waals surface area contributed by atoms with Crippen molar-refractivity contribution in [2.24, 2.45) is 5.92 Å². The first-order valence-electron chi connectivity index (χ1n) is 5.82. The van der Waals surface area contributed by atoms with E-state index in [0.717, 1.165) is 25.7 Å². The maximum Gasteiger partial charge on any atom is 0.266 e. The van der Waals surface area contributed by atoms with Gasteiger partial charge in [-0.3, -0.25) is 9.35 Å². The van der Waals surface area contributed by atoms with Crippen molar-refractivity contribution in [2.75, 3.05) is 12.3 Å². The Kier molecular flexibility index (Phi) is 5.14. The van der Waals surface area contributed by atoms with Crippen LogP contribution in [0.1, 0.15) is 32.1 Å². The average molecular weight is 261 g/mol. The molecule has 0 aromatic carbocycles. The molecule has 1 rings (SSSR count). The lowest BCUT2D eigenvalue weighted by Crippen LogP contribution is -2.32. The Bertz CT molecular complexity index is 382. The van der Waals surface area contributed by atoms with Crippen LogP contribution < -0.4 is 5.32 Å². The van der Waals surface area contributed by atoms with Crippen LogP contribution in [0.3, 0.4) is 0 Å². The van der Waals surface area contributed by atoms with E-state index in [1.54, 1.807) is 0 Å². The van der Waals surface area contributed by atoms with E-state index < -0.39 is 15.9 Å². The van der Waals surface area contributed by atoms with E-state index in [0.29, 0.717) is 5.57 Å². The first-order valence-corrected chi connectivity index (χ1v) is 7.43. The Labute approximate surface area is 102 Å². The molecule has 1 amide bonds. The van der Waals surface area contributed by atoms with Crippen molar-refractivity contribution in [3.05, 3.63) is 12.2 Å². The summed E-state index contributed by atoms with van der Waals surface area (Å²) < 4.78 is 29.4. The predicted octanol–water partition coefficient (Wildman–Crippen LogP) is 1.13. The van der Waals surface area contributed by atoms with Gasteiger partial charge in [0.2, 0.25) is 5.91 Å². The number of nitrogens with one attached hydrogen (secondary N) is 1. The molecule has 0 radical (unpaired) electrons. The molecule has 0 heterocycles. The summed E-state index contributed by atoms with van der Waals surface area (Å²) in [5.41, 5.74) is 0.528. The van der Waals surface area contributed by atoms with Gasteiger partial charge in [-0.15, -0.1) is 0 Å². The van der Waals surface area contributed by atoms with E-state index in [9.17, 15) is 13.2 Å².